The third-order valence-corrected chi connectivity index (χ3v) is 7.46. The summed E-state index contributed by atoms with van der Waals surface area (Å²) in [4.78, 5) is 7.74. The van der Waals surface area contributed by atoms with Gasteiger partial charge in [-0.3, -0.25) is 4.72 Å². The highest BCUT2D eigenvalue weighted by Gasteiger charge is 2.19. The maximum atomic E-state index is 12.4. The van der Waals surface area contributed by atoms with Gasteiger partial charge in [0.1, 0.15) is 10.0 Å². The SMILES string of the molecule is CCc1ccc(S(=O)(=O)Nc2ccc(N3CCC(C)CC3)nc2)s1. The molecule has 1 N–H and O–H groups in total. The third-order valence-electron chi connectivity index (χ3n) is 4.36. The summed E-state index contributed by atoms with van der Waals surface area (Å²) < 4.78 is 27.8. The van der Waals surface area contributed by atoms with Crippen LogP contribution < -0.4 is 9.62 Å². The van der Waals surface area contributed by atoms with Crippen LogP contribution in [0.15, 0.2) is 34.7 Å². The van der Waals surface area contributed by atoms with Crippen molar-refractivity contribution in [1.29, 1.82) is 0 Å². The van der Waals surface area contributed by atoms with Crippen LogP contribution in [0.2, 0.25) is 0 Å². The molecule has 1 fully saturated rings. The minimum absolute atomic E-state index is 0.341. The van der Waals surface area contributed by atoms with Crippen molar-refractivity contribution in [2.75, 3.05) is 22.7 Å². The minimum atomic E-state index is -3.53. The van der Waals surface area contributed by atoms with Gasteiger partial charge in [-0.05, 0) is 49.4 Å². The first-order valence-electron chi connectivity index (χ1n) is 8.30. The molecule has 1 saturated heterocycles. The van der Waals surface area contributed by atoms with Crippen LogP contribution in [-0.4, -0.2) is 26.5 Å². The Bertz CT molecular complexity index is 776. The molecule has 0 saturated carbocycles. The average molecular weight is 366 g/mol. The standard InChI is InChI=1S/C17H23N3O2S2/c1-3-15-5-7-17(23-15)24(21,22)19-14-4-6-16(18-12-14)20-10-8-13(2)9-11-20/h4-7,12-13,19H,3,8-11H2,1-2H3. The second-order valence-electron chi connectivity index (χ2n) is 6.25. The van der Waals surface area contributed by atoms with E-state index in [1.165, 1.54) is 24.2 Å². The fourth-order valence-electron chi connectivity index (χ4n) is 2.77. The number of aryl methyl sites for hydroxylation is 1. The Morgan fingerprint density at radius 1 is 1.25 bits per heavy atom. The van der Waals surface area contributed by atoms with Crippen LogP contribution in [-0.2, 0) is 16.4 Å². The number of piperidine rings is 1. The van der Waals surface area contributed by atoms with Gasteiger partial charge in [-0.2, -0.15) is 0 Å². The zero-order valence-electron chi connectivity index (χ0n) is 14.0. The summed E-state index contributed by atoms with van der Waals surface area (Å²) >= 11 is 1.31. The number of thiophene rings is 1. The number of rotatable bonds is 5. The molecule has 0 unspecified atom stereocenters. The zero-order valence-corrected chi connectivity index (χ0v) is 15.7. The van der Waals surface area contributed by atoms with E-state index in [9.17, 15) is 8.42 Å². The van der Waals surface area contributed by atoms with Crippen LogP contribution in [0.3, 0.4) is 0 Å². The highest BCUT2D eigenvalue weighted by atomic mass is 32.2. The molecule has 2 aromatic rings. The molecule has 3 rings (SSSR count). The number of sulfonamides is 1. The van der Waals surface area contributed by atoms with E-state index in [2.05, 4.69) is 21.5 Å². The molecule has 3 heterocycles. The van der Waals surface area contributed by atoms with Crippen LogP contribution in [0.25, 0.3) is 0 Å². The monoisotopic (exact) mass is 365 g/mol. The molecule has 7 heteroatoms. The van der Waals surface area contributed by atoms with Crippen LogP contribution in [0, 0.1) is 5.92 Å². The lowest BCUT2D eigenvalue weighted by molar-refractivity contribution is 0.436. The van der Waals surface area contributed by atoms with E-state index >= 15 is 0 Å². The molecule has 0 radical (unpaired) electrons. The Hall–Kier alpha value is -1.60. The first kappa shape index (κ1) is 17.2. The van der Waals surface area contributed by atoms with E-state index in [1.807, 2.05) is 19.1 Å². The molecule has 0 aliphatic carbocycles. The number of nitrogens with one attached hydrogen (secondary N) is 1. The molecule has 1 aliphatic rings. The molecule has 1 aliphatic heterocycles. The fraction of sp³-hybridized carbons (Fsp3) is 0.471. The molecule has 5 nitrogen and oxygen atoms in total. The highest BCUT2D eigenvalue weighted by molar-refractivity contribution is 7.94. The van der Waals surface area contributed by atoms with E-state index in [0.29, 0.717) is 9.90 Å². The maximum Gasteiger partial charge on any atom is 0.271 e. The van der Waals surface area contributed by atoms with Crippen molar-refractivity contribution in [2.45, 2.75) is 37.3 Å². The van der Waals surface area contributed by atoms with Gasteiger partial charge in [-0.25, -0.2) is 13.4 Å². The zero-order chi connectivity index (χ0) is 17.2. The largest absolute Gasteiger partial charge is 0.357 e. The quantitative estimate of drug-likeness (QED) is 0.877. The topological polar surface area (TPSA) is 62.3 Å². The number of pyridine rings is 1. The summed E-state index contributed by atoms with van der Waals surface area (Å²) in [7, 11) is -3.53. The Kier molecular flexibility index (Phi) is 5.10. The lowest BCUT2D eigenvalue weighted by atomic mass is 9.99. The van der Waals surface area contributed by atoms with Crippen LogP contribution in [0.1, 0.15) is 31.6 Å². The summed E-state index contributed by atoms with van der Waals surface area (Å²) in [6.45, 7) is 6.30. The molecule has 0 bridgehead atoms. The van der Waals surface area contributed by atoms with Crippen molar-refractivity contribution >= 4 is 32.9 Å². The highest BCUT2D eigenvalue weighted by Crippen LogP contribution is 2.26. The Labute approximate surface area is 147 Å². The van der Waals surface area contributed by atoms with E-state index in [0.717, 1.165) is 36.1 Å². The lowest BCUT2D eigenvalue weighted by Gasteiger charge is -2.31. The fourth-order valence-corrected chi connectivity index (χ4v) is 5.11. The number of anilines is 2. The van der Waals surface area contributed by atoms with Crippen molar-refractivity contribution in [3.05, 3.63) is 35.3 Å². The van der Waals surface area contributed by atoms with Gasteiger partial charge in [-0.15, -0.1) is 11.3 Å². The number of nitrogens with zero attached hydrogens (tertiary/aromatic N) is 2. The summed E-state index contributed by atoms with van der Waals surface area (Å²) in [6, 6.07) is 7.19. The number of hydrogen-bond donors (Lipinski definition) is 1. The van der Waals surface area contributed by atoms with Crippen molar-refractivity contribution in [3.8, 4) is 0 Å². The summed E-state index contributed by atoms with van der Waals surface area (Å²) in [5, 5.41) is 0. The van der Waals surface area contributed by atoms with E-state index in [-0.39, 0.29) is 0 Å². The van der Waals surface area contributed by atoms with Gasteiger partial charge < -0.3 is 4.90 Å². The van der Waals surface area contributed by atoms with E-state index in [1.54, 1.807) is 18.3 Å². The van der Waals surface area contributed by atoms with Crippen molar-refractivity contribution < 1.29 is 8.42 Å². The van der Waals surface area contributed by atoms with E-state index in [4.69, 9.17) is 0 Å². The second kappa shape index (κ2) is 7.11. The predicted molar refractivity (Wildman–Crippen MR) is 99.4 cm³/mol. The normalized spacial score (nSPS) is 16.3. The number of aromatic nitrogens is 1. The molecule has 0 atom stereocenters. The number of hydrogen-bond acceptors (Lipinski definition) is 5. The predicted octanol–water partition coefficient (Wildman–Crippen LogP) is 3.74. The van der Waals surface area contributed by atoms with Gasteiger partial charge in [0.15, 0.2) is 0 Å². The third kappa shape index (κ3) is 3.89. The van der Waals surface area contributed by atoms with Gasteiger partial charge >= 0.3 is 0 Å². The molecule has 2 aromatic heterocycles. The van der Waals surface area contributed by atoms with Gasteiger partial charge in [0.25, 0.3) is 10.0 Å². The van der Waals surface area contributed by atoms with Crippen LogP contribution >= 0.6 is 11.3 Å². The Morgan fingerprint density at radius 3 is 2.58 bits per heavy atom. The molecule has 0 amide bonds. The lowest BCUT2D eigenvalue weighted by Crippen LogP contribution is -2.33. The van der Waals surface area contributed by atoms with Crippen molar-refractivity contribution in [3.63, 3.8) is 0 Å². The minimum Gasteiger partial charge on any atom is -0.357 e. The smallest absolute Gasteiger partial charge is 0.271 e. The van der Waals surface area contributed by atoms with Crippen molar-refractivity contribution in [2.24, 2.45) is 5.92 Å². The molecular formula is C17H23N3O2S2. The second-order valence-corrected chi connectivity index (χ2v) is 9.33. The maximum absolute atomic E-state index is 12.4. The summed E-state index contributed by atoms with van der Waals surface area (Å²) in [5.74, 6) is 1.68. The van der Waals surface area contributed by atoms with Gasteiger partial charge in [0.05, 0.1) is 11.9 Å². The van der Waals surface area contributed by atoms with Gasteiger partial charge in [-0.1, -0.05) is 13.8 Å². The van der Waals surface area contributed by atoms with Crippen LogP contribution in [0.4, 0.5) is 11.5 Å². The molecule has 0 aromatic carbocycles. The molecule has 24 heavy (non-hydrogen) atoms. The van der Waals surface area contributed by atoms with Gasteiger partial charge in [0, 0.05) is 18.0 Å². The van der Waals surface area contributed by atoms with Crippen molar-refractivity contribution in [1.82, 2.24) is 4.98 Å². The van der Waals surface area contributed by atoms with E-state index < -0.39 is 10.0 Å². The first-order chi connectivity index (χ1) is 11.5. The molecule has 130 valence electrons. The van der Waals surface area contributed by atoms with Gasteiger partial charge in [0.2, 0.25) is 0 Å². The average Bonchev–Trinajstić information content (AvgIpc) is 3.06. The Balaban J connectivity index is 1.69. The van der Waals surface area contributed by atoms with Crippen LogP contribution in [0.5, 0.6) is 0 Å². The summed E-state index contributed by atoms with van der Waals surface area (Å²) in [5.41, 5.74) is 0.496. The summed E-state index contributed by atoms with van der Waals surface area (Å²) in [6.07, 6.45) is 4.78. The Morgan fingerprint density at radius 2 is 2.00 bits per heavy atom. The molecular weight excluding hydrogens is 342 g/mol. The first-order valence-corrected chi connectivity index (χ1v) is 10.6. The molecule has 0 spiro atoms.